The van der Waals surface area contributed by atoms with Crippen molar-refractivity contribution < 1.29 is 56.1 Å². The Kier molecular flexibility index (Phi) is 15.9. The Balaban J connectivity index is 0.00000576. The topological polar surface area (TPSA) is 86.8 Å². The number of amidine groups is 1. The summed E-state index contributed by atoms with van der Waals surface area (Å²) in [5, 5.41) is 20.1. The van der Waals surface area contributed by atoms with Gasteiger partial charge in [0.05, 0.1) is 18.9 Å². The molecule has 25 heavy (non-hydrogen) atoms. The first-order chi connectivity index (χ1) is 11.7. The second-order valence-electron chi connectivity index (χ2n) is 5.50. The van der Waals surface area contributed by atoms with Crippen molar-refractivity contribution in [1.82, 2.24) is 15.5 Å². The van der Waals surface area contributed by atoms with E-state index in [4.69, 9.17) is 10.1 Å². The summed E-state index contributed by atoms with van der Waals surface area (Å²) >= 11 is 1.64. The number of hydrogen-bond donors (Lipinski definition) is 3. The third kappa shape index (κ3) is 9.34. The number of nitrogens with one attached hydrogen (secondary N) is 3. The predicted octanol–water partition coefficient (Wildman–Crippen LogP) is -1.51. The molecule has 3 N–H and O–H groups in total. The summed E-state index contributed by atoms with van der Waals surface area (Å²) in [5.41, 5.74) is 0.570. The monoisotopic (exact) mass is 394 g/mol. The molecule has 0 saturated carbocycles. The Morgan fingerprint density at radius 3 is 2.56 bits per heavy atom. The summed E-state index contributed by atoms with van der Waals surface area (Å²) < 4.78 is 5.34. The first kappa shape index (κ1) is 25.5. The van der Waals surface area contributed by atoms with Gasteiger partial charge in [-0.3, -0.25) is 10.4 Å². The van der Waals surface area contributed by atoms with Gasteiger partial charge in [0, 0.05) is 19.1 Å². The van der Waals surface area contributed by atoms with Crippen LogP contribution in [0.5, 0.6) is 0 Å². The van der Waals surface area contributed by atoms with Crippen LogP contribution in [0.15, 0.2) is 15.7 Å². The zero-order valence-electron chi connectivity index (χ0n) is 16.1. The molecule has 0 aromatic carbocycles. The van der Waals surface area contributed by atoms with E-state index in [1.807, 2.05) is 19.0 Å². The molecule has 1 rings (SSSR count). The van der Waals surface area contributed by atoms with Crippen LogP contribution in [0.2, 0.25) is 0 Å². The second kappa shape index (κ2) is 15.6. The van der Waals surface area contributed by atoms with Crippen molar-refractivity contribution in [2.24, 2.45) is 4.99 Å². The van der Waals surface area contributed by atoms with Crippen molar-refractivity contribution in [2.75, 3.05) is 59.7 Å². The molecule has 1 fully saturated rings. The van der Waals surface area contributed by atoms with Crippen LogP contribution in [0.25, 0.3) is 5.32 Å². The van der Waals surface area contributed by atoms with E-state index in [1.54, 1.807) is 18.8 Å². The normalized spacial score (nSPS) is 16.5. The Morgan fingerprint density at radius 2 is 2.04 bits per heavy atom. The predicted molar refractivity (Wildman–Crippen MR) is 104 cm³/mol. The molecule has 0 aliphatic carbocycles. The van der Waals surface area contributed by atoms with Gasteiger partial charge in [-0.1, -0.05) is 5.03 Å². The van der Waals surface area contributed by atoms with E-state index in [0.29, 0.717) is 43.9 Å². The van der Waals surface area contributed by atoms with Gasteiger partial charge in [-0.25, -0.2) is 0 Å². The summed E-state index contributed by atoms with van der Waals surface area (Å²) in [7, 11) is 5.71. The molecular formula is C16H31KN6OS. The maximum absolute atomic E-state index is 8.41. The van der Waals surface area contributed by atoms with Gasteiger partial charge in [-0.2, -0.15) is 0 Å². The first-order valence-electron chi connectivity index (χ1n) is 8.35. The van der Waals surface area contributed by atoms with Crippen LogP contribution in [0.4, 0.5) is 0 Å². The molecule has 9 heteroatoms. The van der Waals surface area contributed by atoms with E-state index < -0.39 is 0 Å². The van der Waals surface area contributed by atoms with Gasteiger partial charge in [0.25, 0.3) is 0 Å². The third-order valence-corrected chi connectivity index (χ3v) is 5.06. The number of morpholine rings is 1. The SMILES string of the molecule is C=N/C(C(=N)N1CCOCC1)=C(/[N-]C)SCCC(CCNC)NC.[K+]. The number of nitrogens with zero attached hydrogens (tertiary/aromatic N) is 3. The quantitative estimate of drug-likeness (QED) is 0.225. The van der Waals surface area contributed by atoms with Crippen LogP contribution in [0.1, 0.15) is 12.8 Å². The van der Waals surface area contributed by atoms with Gasteiger partial charge in [0.2, 0.25) is 0 Å². The van der Waals surface area contributed by atoms with Crippen LogP contribution in [0, 0.1) is 5.41 Å². The fraction of sp³-hybridized carbons (Fsp3) is 0.750. The summed E-state index contributed by atoms with van der Waals surface area (Å²) in [5.74, 6) is 1.32. The van der Waals surface area contributed by atoms with Crippen LogP contribution < -0.4 is 62.0 Å². The van der Waals surface area contributed by atoms with Crippen LogP contribution in [-0.2, 0) is 4.74 Å². The molecule has 0 radical (unpaired) electrons. The van der Waals surface area contributed by atoms with Crippen molar-refractivity contribution in [1.29, 1.82) is 5.41 Å². The minimum Gasteiger partial charge on any atom is -0.680 e. The zero-order valence-corrected chi connectivity index (χ0v) is 20.0. The molecular weight excluding hydrogens is 363 g/mol. The Morgan fingerprint density at radius 1 is 1.36 bits per heavy atom. The van der Waals surface area contributed by atoms with E-state index in [-0.39, 0.29) is 51.4 Å². The van der Waals surface area contributed by atoms with Crippen molar-refractivity contribution in [3.8, 4) is 0 Å². The van der Waals surface area contributed by atoms with Crippen LogP contribution in [-0.4, -0.2) is 83.2 Å². The Bertz CT molecular complexity index is 429. The number of thioether (sulfide) groups is 1. The van der Waals surface area contributed by atoms with Crippen molar-refractivity contribution in [3.05, 3.63) is 16.0 Å². The van der Waals surface area contributed by atoms with Gasteiger partial charge in [0.1, 0.15) is 5.84 Å². The van der Waals surface area contributed by atoms with Gasteiger partial charge in [-0.05, 0) is 46.0 Å². The van der Waals surface area contributed by atoms with E-state index in [2.05, 4.69) is 27.7 Å². The summed E-state index contributed by atoms with van der Waals surface area (Å²) in [6.45, 7) is 7.36. The van der Waals surface area contributed by atoms with Crippen molar-refractivity contribution in [2.45, 2.75) is 18.9 Å². The van der Waals surface area contributed by atoms with Gasteiger partial charge in [-0.15, -0.1) is 18.8 Å². The Hall–Kier alpha value is 0.546. The molecule has 1 atom stereocenters. The van der Waals surface area contributed by atoms with Crippen molar-refractivity contribution >= 4 is 24.3 Å². The molecule has 0 amide bonds. The molecule has 0 aromatic heterocycles. The molecule has 0 bridgehead atoms. The molecule has 1 saturated heterocycles. The molecule has 138 valence electrons. The van der Waals surface area contributed by atoms with Crippen LogP contribution >= 0.6 is 11.8 Å². The maximum Gasteiger partial charge on any atom is 1.00 e. The average molecular weight is 395 g/mol. The summed E-state index contributed by atoms with van der Waals surface area (Å²) in [6, 6.07) is 0.474. The van der Waals surface area contributed by atoms with Gasteiger partial charge < -0.3 is 25.6 Å². The third-order valence-electron chi connectivity index (χ3n) is 3.97. The van der Waals surface area contributed by atoms with E-state index in [1.165, 1.54) is 0 Å². The minimum atomic E-state index is 0. The Labute approximate surface area is 199 Å². The number of aliphatic imine (C=N–C) groups is 1. The number of ether oxygens (including phenoxy) is 1. The van der Waals surface area contributed by atoms with Crippen molar-refractivity contribution in [3.63, 3.8) is 0 Å². The van der Waals surface area contributed by atoms with E-state index in [9.17, 15) is 0 Å². The molecule has 1 unspecified atom stereocenters. The summed E-state index contributed by atoms with van der Waals surface area (Å²) in [4.78, 5) is 6.06. The summed E-state index contributed by atoms with van der Waals surface area (Å²) in [6.07, 6.45) is 2.13. The smallest absolute Gasteiger partial charge is 0.680 e. The van der Waals surface area contributed by atoms with E-state index in [0.717, 1.165) is 30.2 Å². The molecule has 1 aliphatic heterocycles. The molecule has 7 nitrogen and oxygen atoms in total. The van der Waals surface area contributed by atoms with Gasteiger partial charge >= 0.3 is 51.4 Å². The van der Waals surface area contributed by atoms with E-state index >= 15 is 0 Å². The number of rotatable bonds is 11. The molecule has 0 aromatic rings. The first-order valence-corrected chi connectivity index (χ1v) is 9.33. The minimum absolute atomic E-state index is 0. The average Bonchev–Trinajstić information content (AvgIpc) is 2.64. The molecule has 0 spiro atoms. The second-order valence-corrected chi connectivity index (χ2v) is 6.58. The standard InChI is InChI=1S/C16H31N6OS.K/c1-18-7-5-13(19-2)6-12-24-16(21-4)14(20-3)15(17)22-8-10-23-11-9-22;/h13,17-19H,3,5-12H2,1-2,4H3;/q-1;+1/b16-14-,17-15?;. The molecule has 1 aliphatic rings. The molecule has 1 heterocycles. The maximum atomic E-state index is 8.41. The fourth-order valence-corrected chi connectivity index (χ4v) is 3.49. The largest absolute Gasteiger partial charge is 1.00 e. The zero-order chi connectivity index (χ0) is 17.8. The van der Waals surface area contributed by atoms with Crippen LogP contribution in [0.3, 0.4) is 0 Å². The van der Waals surface area contributed by atoms with Gasteiger partial charge in [0.15, 0.2) is 0 Å². The fourth-order valence-electron chi connectivity index (χ4n) is 2.47. The number of hydrogen-bond acceptors (Lipinski definition) is 6.